The van der Waals surface area contributed by atoms with Crippen LogP contribution in [0.3, 0.4) is 0 Å². The quantitative estimate of drug-likeness (QED) is 0.684. The van der Waals surface area contributed by atoms with Gasteiger partial charge in [0.05, 0.1) is 12.2 Å². The van der Waals surface area contributed by atoms with E-state index in [4.69, 9.17) is 9.47 Å². The number of aromatic nitrogens is 1. The Balaban J connectivity index is 1.82. The third-order valence-electron chi connectivity index (χ3n) is 4.82. The van der Waals surface area contributed by atoms with E-state index >= 15 is 0 Å². The molecule has 0 amide bonds. The van der Waals surface area contributed by atoms with Crippen molar-refractivity contribution in [3.8, 4) is 0 Å². The molecule has 5 nitrogen and oxygen atoms in total. The van der Waals surface area contributed by atoms with E-state index in [2.05, 4.69) is 24.0 Å². The van der Waals surface area contributed by atoms with E-state index in [-0.39, 0.29) is 12.0 Å². The lowest BCUT2D eigenvalue weighted by Gasteiger charge is -2.32. The number of fused-ring (bicyclic) bond motifs is 2. The van der Waals surface area contributed by atoms with Gasteiger partial charge in [-0.1, -0.05) is 25.1 Å². The molecule has 3 rings (SSSR count). The Morgan fingerprint density at radius 1 is 1.52 bits per heavy atom. The first-order valence-corrected chi connectivity index (χ1v) is 7.45. The standard InChI is InChI=1S/C16H22N2O3/c1-11(2)16-7-6-15(3,21-16)14(13(16)18-19)20-10-12-5-4-8-17-9-12/h4-5,8-9,11,14,19H,6-7,10H2,1-3H3/b18-13+/t14-,15+,16+/m1/s1. The normalized spacial score (nSPS) is 36.8. The number of ether oxygens (including phenoxy) is 2. The molecule has 1 aromatic rings. The molecule has 0 spiro atoms. The minimum Gasteiger partial charge on any atom is -0.411 e. The number of hydrogen-bond acceptors (Lipinski definition) is 5. The molecule has 0 aliphatic carbocycles. The van der Waals surface area contributed by atoms with E-state index in [0.717, 1.165) is 18.4 Å². The van der Waals surface area contributed by atoms with Crippen molar-refractivity contribution in [3.05, 3.63) is 30.1 Å². The molecular weight excluding hydrogens is 268 g/mol. The van der Waals surface area contributed by atoms with Gasteiger partial charge in [-0.3, -0.25) is 4.98 Å². The molecule has 21 heavy (non-hydrogen) atoms. The van der Waals surface area contributed by atoms with Crippen molar-refractivity contribution < 1.29 is 14.7 Å². The molecule has 3 heterocycles. The summed E-state index contributed by atoms with van der Waals surface area (Å²) in [5.41, 5.74) is 0.742. The second-order valence-corrected chi connectivity index (χ2v) is 6.50. The molecule has 0 radical (unpaired) electrons. The Hall–Kier alpha value is -1.46. The highest BCUT2D eigenvalue weighted by Crippen LogP contribution is 2.53. The second kappa shape index (κ2) is 5.07. The number of pyridine rings is 1. The fourth-order valence-electron chi connectivity index (χ4n) is 3.59. The molecule has 2 bridgehead atoms. The maximum Gasteiger partial charge on any atom is 0.131 e. The van der Waals surface area contributed by atoms with Crippen LogP contribution in [0.5, 0.6) is 0 Å². The average molecular weight is 290 g/mol. The van der Waals surface area contributed by atoms with Crippen LogP contribution >= 0.6 is 0 Å². The SMILES string of the molecule is CC(C)[C@]12CC[C@](C)(O1)[C@H](OCc1cccnc1)/C2=N\O. The van der Waals surface area contributed by atoms with Gasteiger partial charge >= 0.3 is 0 Å². The summed E-state index contributed by atoms with van der Waals surface area (Å²) < 4.78 is 12.3. The number of nitrogens with zero attached hydrogens (tertiary/aromatic N) is 2. The van der Waals surface area contributed by atoms with E-state index in [1.54, 1.807) is 12.4 Å². The van der Waals surface area contributed by atoms with Gasteiger partial charge in [0.25, 0.3) is 0 Å². The maximum atomic E-state index is 9.50. The van der Waals surface area contributed by atoms with Gasteiger partial charge in [-0.25, -0.2) is 0 Å². The van der Waals surface area contributed by atoms with Crippen molar-refractivity contribution in [3.63, 3.8) is 0 Å². The Morgan fingerprint density at radius 3 is 2.95 bits per heavy atom. The first-order valence-electron chi connectivity index (χ1n) is 7.45. The summed E-state index contributed by atoms with van der Waals surface area (Å²) in [6, 6.07) is 3.85. The van der Waals surface area contributed by atoms with Crippen LogP contribution in [0.25, 0.3) is 0 Å². The zero-order valence-corrected chi connectivity index (χ0v) is 12.7. The van der Waals surface area contributed by atoms with Crippen LogP contribution < -0.4 is 0 Å². The maximum absolute atomic E-state index is 9.50. The fraction of sp³-hybridized carbons (Fsp3) is 0.625. The predicted octanol–water partition coefficient (Wildman–Crippen LogP) is 2.77. The lowest BCUT2D eigenvalue weighted by molar-refractivity contribution is -0.0959. The molecule has 0 aromatic carbocycles. The van der Waals surface area contributed by atoms with Crippen LogP contribution in [0.15, 0.2) is 29.7 Å². The highest BCUT2D eigenvalue weighted by Gasteiger charge is 2.65. The summed E-state index contributed by atoms with van der Waals surface area (Å²) in [4.78, 5) is 4.09. The van der Waals surface area contributed by atoms with Gasteiger partial charge in [-0.05, 0) is 37.3 Å². The summed E-state index contributed by atoms with van der Waals surface area (Å²) in [5.74, 6) is 0.247. The number of hydrogen-bond donors (Lipinski definition) is 1. The first kappa shape index (κ1) is 14.5. The van der Waals surface area contributed by atoms with Crippen molar-refractivity contribution >= 4 is 5.71 Å². The topological polar surface area (TPSA) is 63.9 Å². The van der Waals surface area contributed by atoms with Crippen molar-refractivity contribution in [1.29, 1.82) is 0 Å². The van der Waals surface area contributed by atoms with Crippen molar-refractivity contribution in [2.24, 2.45) is 11.1 Å². The molecule has 1 aromatic heterocycles. The molecule has 2 aliphatic rings. The second-order valence-electron chi connectivity index (χ2n) is 6.50. The van der Waals surface area contributed by atoms with Gasteiger partial charge in [0.15, 0.2) is 0 Å². The van der Waals surface area contributed by atoms with Gasteiger partial charge in [0.2, 0.25) is 0 Å². The Bertz CT molecular complexity index is 546. The number of oxime groups is 1. The molecule has 0 saturated carbocycles. The van der Waals surface area contributed by atoms with Gasteiger partial charge in [0, 0.05) is 12.4 Å². The summed E-state index contributed by atoms with van der Waals surface area (Å²) in [6.07, 6.45) is 5.01. The minimum atomic E-state index is -0.483. The average Bonchev–Trinajstić information content (AvgIpc) is 2.96. The molecule has 2 fully saturated rings. The highest BCUT2D eigenvalue weighted by atomic mass is 16.6. The molecule has 2 saturated heterocycles. The molecular formula is C16H22N2O3. The van der Waals surface area contributed by atoms with Crippen LogP contribution in [-0.2, 0) is 16.1 Å². The van der Waals surface area contributed by atoms with Crippen LogP contribution in [0.2, 0.25) is 0 Å². The Kier molecular flexibility index (Phi) is 3.50. The molecule has 3 atom stereocenters. The van der Waals surface area contributed by atoms with E-state index in [9.17, 15) is 5.21 Å². The Morgan fingerprint density at radius 2 is 2.33 bits per heavy atom. The summed E-state index contributed by atoms with van der Waals surface area (Å²) in [7, 11) is 0. The van der Waals surface area contributed by atoms with Crippen LogP contribution in [-0.4, -0.2) is 33.2 Å². The van der Waals surface area contributed by atoms with Gasteiger partial charge in [-0.2, -0.15) is 0 Å². The van der Waals surface area contributed by atoms with Gasteiger partial charge in [0.1, 0.15) is 17.4 Å². The van der Waals surface area contributed by atoms with Gasteiger partial charge in [-0.15, -0.1) is 0 Å². The highest BCUT2D eigenvalue weighted by molar-refractivity contribution is 6.00. The van der Waals surface area contributed by atoms with Crippen LogP contribution in [0, 0.1) is 5.92 Å². The van der Waals surface area contributed by atoms with E-state index in [0.29, 0.717) is 12.3 Å². The smallest absolute Gasteiger partial charge is 0.131 e. The molecule has 2 aliphatic heterocycles. The summed E-state index contributed by atoms with van der Waals surface area (Å²) in [5, 5.41) is 13.1. The first-order chi connectivity index (χ1) is 10.0. The minimum absolute atomic E-state index is 0.247. The lowest BCUT2D eigenvalue weighted by Crippen LogP contribution is -2.48. The van der Waals surface area contributed by atoms with E-state index < -0.39 is 11.2 Å². The molecule has 5 heteroatoms. The predicted molar refractivity (Wildman–Crippen MR) is 78.3 cm³/mol. The summed E-state index contributed by atoms with van der Waals surface area (Å²) in [6.45, 7) is 6.68. The van der Waals surface area contributed by atoms with Crippen molar-refractivity contribution in [2.45, 2.75) is 57.5 Å². The summed E-state index contributed by atoms with van der Waals surface area (Å²) >= 11 is 0. The monoisotopic (exact) mass is 290 g/mol. The van der Waals surface area contributed by atoms with Crippen molar-refractivity contribution in [2.75, 3.05) is 0 Å². The fourth-order valence-corrected chi connectivity index (χ4v) is 3.59. The largest absolute Gasteiger partial charge is 0.411 e. The van der Waals surface area contributed by atoms with E-state index in [1.165, 1.54) is 0 Å². The number of rotatable bonds is 4. The zero-order valence-electron chi connectivity index (χ0n) is 12.7. The molecule has 114 valence electrons. The zero-order chi connectivity index (χ0) is 15.1. The van der Waals surface area contributed by atoms with Crippen molar-refractivity contribution in [1.82, 2.24) is 4.98 Å². The van der Waals surface area contributed by atoms with Crippen LogP contribution in [0.4, 0.5) is 0 Å². The van der Waals surface area contributed by atoms with E-state index in [1.807, 2.05) is 19.1 Å². The molecule has 0 unspecified atom stereocenters. The van der Waals surface area contributed by atoms with Gasteiger partial charge < -0.3 is 14.7 Å². The Labute approximate surface area is 125 Å². The van der Waals surface area contributed by atoms with Crippen LogP contribution in [0.1, 0.15) is 39.2 Å². The third-order valence-corrected chi connectivity index (χ3v) is 4.82. The molecule has 1 N–H and O–H groups in total. The third kappa shape index (κ3) is 2.15. The lowest BCUT2D eigenvalue weighted by atomic mass is 9.74.